The molecule has 2 atom stereocenters. The van der Waals surface area contributed by atoms with Crippen LogP contribution in [0.25, 0.3) is 0 Å². The lowest BCUT2D eigenvalue weighted by Crippen LogP contribution is -2.46. The van der Waals surface area contributed by atoms with Gasteiger partial charge in [0.25, 0.3) is 0 Å². The summed E-state index contributed by atoms with van der Waals surface area (Å²) in [5.41, 5.74) is 0.347. The molecule has 2 aliphatic rings. The second-order valence-electron chi connectivity index (χ2n) is 5.85. The van der Waals surface area contributed by atoms with Crippen LogP contribution in [0.15, 0.2) is 16.6 Å². The lowest BCUT2D eigenvalue weighted by atomic mass is 9.70. The van der Waals surface area contributed by atoms with E-state index in [4.69, 9.17) is 4.74 Å². The highest BCUT2D eigenvalue weighted by atomic mass is 79.9. The van der Waals surface area contributed by atoms with Crippen molar-refractivity contribution in [3.8, 4) is 0 Å². The zero-order chi connectivity index (χ0) is 14.3. The second kappa shape index (κ2) is 5.35. The second-order valence-corrected chi connectivity index (χ2v) is 6.64. The van der Waals surface area contributed by atoms with Crippen molar-refractivity contribution in [2.75, 3.05) is 6.61 Å². The maximum atomic E-state index is 13.6. The van der Waals surface area contributed by atoms with E-state index in [1.807, 2.05) is 0 Å². The van der Waals surface area contributed by atoms with Crippen LogP contribution >= 0.6 is 15.9 Å². The molecule has 0 bridgehead atoms. The highest BCUT2D eigenvalue weighted by Gasteiger charge is 2.44. The van der Waals surface area contributed by atoms with Gasteiger partial charge < -0.3 is 9.84 Å². The van der Waals surface area contributed by atoms with Crippen LogP contribution in [-0.4, -0.2) is 17.3 Å². The molecular formula is C15H17BrF2O2. The molecule has 110 valence electrons. The number of benzene rings is 1. The Balaban J connectivity index is 1.81. The van der Waals surface area contributed by atoms with Crippen molar-refractivity contribution in [3.63, 3.8) is 0 Å². The first-order valence-electron chi connectivity index (χ1n) is 6.98. The van der Waals surface area contributed by atoms with Crippen molar-refractivity contribution in [1.29, 1.82) is 0 Å². The lowest BCUT2D eigenvalue weighted by Gasteiger charge is -2.48. The Bertz CT molecular complexity index is 517. The van der Waals surface area contributed by atoms with Crippen LogP contribution in [0.4, 0.5) is 8.78 Å². The zero-order valence-corrected chi connectivity index (χ0v) is 12.6. The Morgan fingerprint density at radius 3 is 2.75 bits per heavy atom. The number of hydrogen-bond donors (Lipinski definition) is 1. The highest BCUT2D eigenvalue weighted by molar-refractivity contribution is 9.10. The molecule has 1 N–H and O–H groups in total. The van der Waals surface area contributed by atoms with Crippen LogP contribution in [0.1, 0.15) is 43.8 Å². The van der Waals surface area contributed by atoms with Gasteiger partial charge in [-0.25, -0.2) is 8.78 Å². The lowest BCUT2D eigenvalue weighted by molar-refractivity contribution is -0.157. The first-order chi connectivity index (χ1) is 9.52. The predicted molar refractivity (Wildman–Crippen MR) is 74.3 cm³/mol. The summed E-state index contributed by atoms with van der Waals surface area (Å²) in [6.45, 7) is 0.628. The van der Waals surface area contributed by atoms with Gasteiger partial charge in [0.1, 0.15) is 0 Å². The summed E-state index contributed by atoms with van der Waals surface area (Å²) in [5, 5.41) is 10.5. The molecule has 3 rings (SSSR count). The van der Waals surface area contributed by atoms with Crippen LogP contribution in [-0.2, 0) is 4.74 Å². The minimum absolute atomic E-state index is 0.0270. The van der Waals surface area contributed by atoms with E-state index in [2.05, 4.69) is 15.9 Å². The molecule has 0 radical (unpaired) electrons. The van der Waals surface area contributed by atoms with Crippen LogP contribution in [0, 0.1) is 17.6 Å². The molecule has 1 heterocycles. The van der Waals surface area contributed by atoms with Gasteiger partial charge in [-0.2, -0.15) is 0 Å². The normalized spacial score (nSPS) is 26.3. The molecule has 1 saturated carbocycles. The molecule has 20 heavy (non-hydrogen) atoms. The van der Waals surface area contributed by atoms with Crippen LogP contribution in [0.2, 0.25) is 0 Å². The number of halogens is 3. The van der Waals surface area contributed by atoms with Crippen molar-refractivity contribution >= 4 is 15.9 Å². The van der Waals surface area contributed by atoms with Crippen molar-refractivity contribution in [1.82, 2.24) is 0 Å². The Hall–Kier alpha value is -0.520. The number of hydrogen-bond acceptors (Lipinski definition) is 2. The quantitative estimate of drug-likeness (QED) is 0.816. The Morgan fingerprint density at radius 2 is 2.10 bits per heavy atom. The van der Waals surface area contributed by atoms with Gasteiger partial charge in [-0.05, 0) is 65.6 Å². The number of ether oxygens (including phenoxy) is 1. The average molecular weight is 347 g/mol. The monoisotopic (exact) mass is 346 g/mol. The van der Waals surface area contributed by atoms with E-state index in [1.165, 1.54) is 6.07 Å². The summed E-state index contributed by atoms with van der Waals surface area (Å²) in [6, 6.07) is 2.52. The average Bonchev–Trinajstić information content (AvgIpc) is 2.43. The molecule has 2 unspecified atom stereocenters. The molecule has 1 aromatic carbocycles. The fourth-order valence-electron chi connectivity index (χ4n) is 3.28. The summed E-state index contributed by atoms with van der Waals surface area (Å²) in [7, 11) is 0. The van der Waals surface area contributed by atoms with Gasteiger partial charge in [-0.1, -0.05) is 6.07 Å². The van der Waals surface area contributed by atoms with Crippen LogP contribution in [0.5, 0.6) is 0 Å². The molecule has 1 saturated heterocycles. The first kappa shape index (κ1) is 14.4. The third-order valence-corrected chi connectivity index (χ3v) is 5.43. The summed E-state index contributed by atoms with van der Waals surface area (Å²) >= 11 is 3.05. The maximum Gasteiger partial charge on any atom is 0.173 e. The van der Waals surface area contributed by atoms with Crippen LogP contribution < -0.4 is 0 Å². The Morgan fingerprint density at radius 1 is 1.35 bits per heavy atom. The van der Waals surface area contributed by atoms with E-state index in [9.17, 15) is 13.9 Å². The topological polar surface area (TPSA) is 29.5 Å². The van der Waals surface area contributed by atoms with Gasteiger partial charge in [0.05, 0.1) is 16.2 Å². The van der Waals surface area contributed by atoms with Gasteiger partial charge in [-0.3, -0.25) is 0 Å². The summed E-state index contributed by atoms with van der Waals surface area (Å²) in [5.74, 6) is -1.81. The zero-order valence-electron chi connectivity index (χ0n) is 11.0. The summed E-state index contributed by atoms with van der Waals surface area (Å²) < 4.78 is 32.6. The molecule has 1 aliphatic carbocycles. The largest absolute Gasteiger partial charge is 0.388 e. The molecule has 2 fully saturated rings. The van der Waals surface area contributed by atoms with E-state index < -0.39 is 17.7 Å². The van der Waals surface area contributed by atoms with Crippen LogP contribution in [0.3, 0.4) is 0 Å². The van der Waals surface area contributed by atoms with E-state index in [0.29, 0.717) is 12.2 Å². The predicted octanol–water partition coefficient (Wildman–Crippen LogP) is 4.11. The van der Waals surface area contributed by atoms with E-state index in [1.54, 1.807) is 0 Å². The molecule has 0 aromatic heterocycles. The standard InChI is InChI=1S/C15H17BrF2O2/c16-12-10(2-3-11(17)13(12)18)14(19)9-4-7-20-15(8-9)5-1-6-15/h2-3,9,14,19H,1,4-8H2. The maximum absolute atomic E-state index is 13.6. The van der Waals surface area contributed by atoms with Crippen molar-refractivity contribution < 1.29 is 18.6 Å². The molecule has 0 amide bonds. The van der Waals surface area contributed by atoms with Gasteiger partial charge in [0.2, 0.25) is 0 Å². The van der Waals surface area contributed by atoms with Crippen molar-refractivity contribution in [3.05, 3.63) is 33.8 Å². The van der Waals surface area contributed by atoms with E-state index in [0.717, 1.165) is 38.2 Å². The van der Waals surface area contributed by atoms with E-state index >= 15 is 0 Å². The minimum Gasteiger partial charge on any atom is -0.388 e. The van der Waals surface area contributed by atoms with Gasteiger partial charge >= 0.3 is 0 Å². The number of rotatable bonds is 2. The molecule has 2 nitrogen and oxygen atoms in total. The summed E-state index contributed by atoms with van der Waals surface area (Å²) in [4.78, 5) is 0. The highest BCUT2D eigenvalue weighted by Crippen LogP contribution is 2.47. The minimum atomic E-state index is -0.938. The molecular weight excluding hydrogens is 330 g/mol. The molecule has 5 heteroatoms. The smallest absolute Gasteiger partial charge is 0.173 e. The Labute approximate surface area is 125 Å². The fraction of sp³-hybridized carbons (Fsp3) is 0.600. The van der Waals surface area contributed by atoms with Crippen molar-refractivity contribution in [2.24, 2.45) is 5.92 Å². The number of aliphatic hydroxyl groups excluding tert-OH is 1. The first-order valence-corrected chi connectivity index (χ1v) is 7.77. The fourth-order valence-corrected chi connectivity index (χ4v) is 3.83. The summed E-state index contributed by atoms with van der Waals surface area (Å²) in [6.07, 6.45) is 3.98. The van der Waals surface area contributed by atoms with Gasteiger partial charge in [0, 0.05) is 6.61 Å². The van der Waals surface area contributed by atoms with Gasteiger partial charge in [-0.15, -0.1) is 0 Å². The SMILES string of the molecule is OC(c1ccc(F)c(F)c1Br)C1CCOC2(CCC2)C1. The van der Waals surface area contributed by atoms with Gasteiger partial charge in [0.15, 0.2) is 11.6 Å². The van der Waals surface area contributed by atoms with E-state index in [-0.39, 0.29) is 16.0 Å². The molecule has 1 aliphatic heterocycles. The Kier molecular flexibility index (Phi) is 3.86. The number of aliphatic hydroxyl groups is 1. The molecule has 1 aromatic rings. The van der Waals surface area contributed by atoms with Crippen molar-refractivity contribution in [2.45, 2.75) is 43.8 Å². The third kappa shape index (κ3) is 2.40. The molecule has 1 spiro atoms. The third-order valence-electron chi connectivity index (χ3n) is 4.63.